The lowest BCUT2D eigenvalue weighted by Crippen LogP contribution is -2.32. The molecule has 0 saturated carbocycles. The van der Waals surface area contributed by atoms with Crippen molar-refractivity contribution in [2.45, 2.75) is 6.42 Å². The van der Waals surface area contributed by atoms with Gasteiger partial charge in [-0.3, -0.25) is 9.80 Å². The monoisotopic (exact) mass is 209 g/mol. The van der Waals surface area contributed by atoms with Gasteiger partial charge in [0.15, 0.2) is 0 Å². The summed E-state index contributed by atoms with van der Waals surface area (Å²) in [5.74, 6) is -0.0629. The first-order chi connectivity index (χ1) is 7.16. The van der Waals surface area contributed by atoms with Gasteiger partial charge < -0.3 is 10.0 Å². The highest BCUT2D eigenvalue weighted by Crippen LogP contribution is 2.18. The van der Waals surface area contributed by atoms with Crippen molar-refractivity contribution in [2.75, 3.05) is 26.7 Å². The highest BCUT2D eigenvalue weighted by atomic mass is 16.4. The highest BCUT2D eigenvalue weighted by molar-refractivity contribution is 5.93. The normalized spacial score (nSPS) is 25.7. The summed E-state index contributed by atoms with van der Waals surface area (Å²) in [6.45, 7) is 2.18. The maximum absolute atomic E-state index is 10.8. The van der Waals surface area contributed by atoms with E-state index in [1.165, 1.54) is 0 Å². The minimum Gasteiger partial charge on any atom is -0.481 e. The molecule has 0 spiro atoms. The van der Waals surface area contributed by atoms with Crippen molar-refractivity contribution >= 4 is 11.8 Å². The van der Waals surface area contributed by atoms with Crippen LogP contribution < -0.4 is 0 Å². The second-order valence-corrected chi connectivity index (χ2v) is 3.97. The fraction of sp³-hybridized carbons (Fsp3) is 0.600. The van der Waals surface area contributed by atoms with E-state index in [1.807, 2.05) is 29.1 Å². The average Bonchev–Trinajstić information content (AvgIpc) is 2.66. The first-order valence-corrected chi connectivity index (χ1v) is 5.11. The quantitative estimate of drug-likeness (QED) is 0.670. The first-order valence-electron chi connectivity index (χ1n) is 5.11. The van der Waals surface area contributed by atoms with Gasteiger partial charge in [0, 0.05) is 20.1 Å². The van der Waals surface area contributed by atoms with E-state index in [2.05, 4.69) is 5.10 Å². The van der Waals surface area contributed by atoms with Crippen LogP contribution in [0.1, 0.15) is 6.42 Å². The van der Waals surface area contributed by atoms with Crippen LogP contribution in [0.4, 0.5) is 0 Å². The molecule has 5 heteroatoms. The summed E-state index contributed by atoms with van der Waals surface area (Å²) in [7, 11) is 1.91. The second-order valence-electron chi connectivity index (χ2n) is 3.97. The maximum atomic E-state index is 10.8. The van der Waals surface area contributed by atoms with E-state index in [-0.39, 0.29) is 5.92 Å². The molecule has 2 heterocycles. The van der Waals surface area contributed by atoms with Crippen LogP contribution in [0.3, 0.4) is 0 Å². The zero-order valence-corrected chi connectivity index (χ0v) is 8.76. The minimum atomic E-state index is -0.703. The van der Waals surface area contributed by atoms with Crippen molar-refractivity contribution in [3.63, 3.8) is 0 Å². The third kappa shape index (κ3) is 2.11. The molecule has 0 radical (unpaired) electrons. The summed E-state index contributed by atoms with van der Waals surface area (Å²) in [6, 6.07) is 0. The summed E-state index contributed by atoms with van der Waals surface area (Å²) in [4.78, 5) is 12.8. The third-order valence-electron chi connectivity index (χ3n) is 2.77. The molecule has 15 heavy (non-hydrogen) atoms. The smallest absolute Gasteiger partial charge is 0.308 e. The number of likely N-dealkylation sites (tertiary alicyclic amines) is 1. The van der Waals surface area contributed by atoms with Gasteiger partial charge in [0.2, 0.25) is 0 Å². The Balaban J connectivity index is 2.02. The van der Waals surface area contributed by atoms with E-state index in [4.69, 9.17) is 5.11 Å². The van der Waals surface area contributed by atoms with Crippen LogP contribution in [-0.2, 0) is 4.79 Å². The molecular formula is C10H15N3O2. The van der Waals surface area contributed by atoms with Crippen LogP contribution in [0.25, 0.3) is 0 Å². The number of carbonyl (C=O) groups is 1. The Hall–Kier alpha value is -1.52. The molecule has 5 nitrogen and oxygen atoms in total. The topological polar surface area (TPSA) is 56.1 Å². The van der Waals surface area contributed by atoms with Gasteiger partial charge in [-0.15, -0.1) is 0 Å². The predicted molar refractivity (Wildman–Crippen MR) is 56.5 cm³/mol. The van der Waals surface area contributed by atoms with Crippen molar-refractivity contribution in [3.05, 3.63) is 12.2 Å². The molecule has 1 N–H and O–H groups in total. The lowest BCUT2D eigenvalue weighted by molar-refractivity contribution is -0.141. The molecule has 0 aromatic rings. The number of rotatable bonds is 1. The molecule has 1 unspecified atom stereocenters. The maximum Gasteiger partial charge on any atom is 0.308 e. The van der Waals surface area contributed by atoms with Gasteiger partial charge in [-0.2, -0.15) is 5.10 Å². The van der Waals surface area contributed by atoms with Crippen molar-refractivity contribution in [2.24, 2.45) is 11.0 Å². The number of nitrogens with zero attached hydrogens (tertiary/aromatic N) is 3. The van der Waals surface area contributed by atoms with Crippen LogP contribution in [0.5, 0.6) is 0 Å². The molecule has 0 aliphatic carbocycles. The molecule has 0 aromatic carbocycles. The molecule has 2 aliphatic rings. The lowest BCUT2D eigenvalue weighted by atomic mass is 10.1. The molecule has 82 valence electrons. The van der Waals surface area contributed by atoms with Gasteiger partial charge in [0.05, 0.1) is 12.5 Å². The van der Waals surface area contributed by atoms with Crippen LogP contribution in [0.15, 0.2) is 17.3 Å². The Morgan fingerprint density at radius 2 is 2.47 bits per heavy atom. The number of carboxylic acids is 1. The van der Waals surface area contributed by atoms with Crippen LogP contribution in [0.2, 0.25) is 0 Å². The zero-order chi connectivity index (χ0) is 10.8. The SMILES string of the molecule is CN1CC=CC(N2CCC(C(=O)O)C2)=N1. The Bertz CT molecular complexity index is 325. The van der Waals surface area contributed by atoms with Crippen molar-refractivity contribution in [1.82, 2.24) is 9.91 Å². The molecule has 0 bridgehead atoms. The number of amidine groups is 1. The Kier molecular flexibility index (Phi) is 2.62. The van der Waals surface area contributed by atoms with E-state index >= 15 is 0 Å². The van der Waals surface area contributed by atoms with Crippen molar-refractivity contribution < 1.29 is 9.90 Å². The second kappa shape index (κ2) is 3.92. The summed E-state index contributed by atoms with van der Waals surface area (Å²) in [5, 5.41) is 15.1. The van der Waals surface area contributed by atoms with Gasteiger partial charge in [0.25, 0.3) is 0 Å². The number of likely N-dealkylation sites (N-methyl/N-ethyl adjacent to an activating group) is 1. The van der Waals surface area contributed by atoms with E-state index in [9.17, 15) is 4.79 Å². The fourth-order valence-electron chi connectivity index (χ4n) is 1.90. The van der Waals surface area contributed by atoms with E-state index < -0.39 is 5.97 Å². The highest BCUT2D eigenvalue weighted by Gasteiger charge is 2.29. The largest absolute Gasteiger partial charge is 0.481 e. The molecule has 2 aliphatic heterocycles. The molecule has 0 amide bonds. The summed E-state index contributed by atoms with van der Waals surface area (Å²) >= 11 is 0. The van der Waals surface area contributed by atoms with Gasteiger partial charge in [-0.25, -0.2) is 0 Å². The minimum absolute atomic E-state index is 0.242. The molecule has 0 aromatic heterocycles. The molecular weight excluding hydrogens is 194 g/mol. The van der Waals surface area contributed by atoms with Crippen LogP contribution in [-0.4, -0.2) is 53.5 Å². The van der Waals surface area contributed by atoms with Gasteiger partial charge in [-0.05, 0) is 12.5 Å². The first kappa shape index (κ1) is 10.0. The molecule has 1 saturated heterocycles. The number of hydrazone groups is 1. The van der Waals surface area contributed by atoms with E-state index in [0.717, 1.165) is 18.9 Å². The van der Waals surface area contributed by atoms with Crippen molar-refractivity contribution in [3.8, 4) is 0 Å². The number of hydrogen-bond acceptors (Lipinski definition) is 4. The van der Waals surface area contributed by atoms with Gasteiger partial charge in [-0.1, -0.05) is 6.08 Å². The lowest BCUT2D eigenvalue weighted by Gasteiger charge is -2.23. The molecule has 1 atom stereocenters. The predicted octanol–water partition coefficient (Wildman–Crippen LogP) is 0.208. The van der Waals surface area contributed by atoms with Crippen LogP contribution in [0, 0.1) is 5.92 Å². The number of hydrogen-bond donors (Lipinski definition) is 1. The van der Waals surface area contributed by atoms with Gasteiger partial charge in [0.1, 0.15) is 5.84 Å². The molecule has 2 rings (SSSR count). The molecule has 1 fully saturated rings. The van der Waals surface area contributed by atoms with Gasteiger partial charge >= 0.3 is 5.97 Å². The summed E-state index contributed by atoms with van der Waals surface area (Å²) in [6.07, 6.45) is 4.71. The average molecular weight is 209 g/mol. The third-order valence-corrected chi connectivity index (χ3v) is 2.77. The summed E-state index contributed by atoms with van der Waals surface area (Å²) in [5.41, 5.74) is 0. The Morgan fingerprint density at radius 3 is 3.07 bits per heavy atom. The van der Waals surface area contributed by atoms with Crippen molar-refractivity contribution in [1.29, 1.82) is 0 Å². The summed E-state index contributed by atoms with van der Waals surface area (Å²) < 4.78 is 0. The van der Waals surface area contributed by atoms with E-state index in [1.54, 1.807) is 0 Å². The standard InChI is InChI=1S/C10H15N3O2/c1-12-5-2-3-9(11-12)13-6-4-8(7-13)10(14)15/h2-3,8H,4-7H2,1H3,(H,14,15). The zero-order valence-electron chi connectivity index (χ0n) is 8.76. The number of aliphatic carboxylic acids is 1. The fourth-order valence-corrected chi connectivity index (χ4v) is 1.90. The van der Waals surface area contributed by atoms with E-state index in [0.29, 0.717) is 13.0 Å². The number of carboxylic acid groups (broad SMARTS) is 1. The Labute approximate surface area is 88.7 Å². The Morgan fingerprint density at radius 1 is 1.67 bits per heavy atom. The van der Waals surface area contributed by atoms with Crippen LogP contribution >= 0.6 is 0 Å².